The third-order valence-electron chi connectivity index (χ3n) is 2.48. The van der Waals surface area contributed by atoms with Gasteiger partial charge >= 0.3 is 0 Å². The second-order valence-corrected chi connectivity index (χ2v) is 3.24. The summed E-state index contributed by atoms with van der Waals surface area (Å²) in [6.45, 7) is 0. The summed E-state index contributed by atoms with van der Waals surface area (Å²) in [5.74, 6) is 0.588. The molecule has 0 fully saturated rings. The van der Waals surface area contributed by atoms with Crippen molar-refractivity contribution >= 4 is 0 Å². The van der Waals surface area contributed by atoms with Crippen molar-refractivity contribution < 1.29 is 0 Å². The van der Waals surface area contributed by atoms with Crippen LogP contribution in [0.4, 0.5) is 0 Å². The van der Waals surface area contributed by atoms with Gasteiger partial charge in [-0.3, -0.25) is 0 Å². The predicted octanol–water partition coefficient (Wildman–Crippen LogP) is 1.78. The Bertz CT molecular complexity index is 235. The SMILES string of the molecule is NC1CC=CC2=CC=CCC21. The molecule has 0 saturated heterocycles. The fourth-order valence-electron chi connectivity index (χ4n) is 1.79. The Morgan fingerprint density at radius 1 is 1.27 bits per heavy atom. The van der Waals surface area contributed by atoms with Gasteiger partial charge in [0.25, 0.3) is 0 Å². The molecule has 0 aromatic carbocycles. The minimum atomic E-state index is 0.344. The van der Waals surface area contributed by atoms with Crippen LogP contribution < -0.4 is 5.73 Å². The second-order valence-electron chi connectivity index (χ2n) is 3.24. The van der Waals surface area contributed by atoms with Crippen molar-refractivity contribution in [2.45, 2.75) is 18.9 Å². The number of rotatable bonds is 0. The molecule has 0 aliphatic heterocycles. The molecule has 2 rings (SSSR count). The van der Waals surface area contributed by atoms with Crippen LogP contribution in [0.1, 0.15) is 12.8 Å². The van der Waals surface area contributed by atoms with E-state index in [1.807, 2.05) is 0 Å². The van der Waals surface area contributed by atoms with Gasteiger partial charge in [0.1, 0.15) is 0 Å². The van der Waals surface area contributed by atoms with Gasteiger partial charge in [0.05, 0.1) is 0 Å². The molecule has 0 bridgehead atoms. The molecule has 2 aliphatic carbocycles. The summed E-state index contributed by atoms with van der Waals surface area (Å²) in [6.07, 6.45) is 13.0. The number of nitrogens with two attached hydrogens (primary N) is 1. The first-order chi connectivity index (χ1) is 5.38. The van der Waals surface area contributed by atoms with Crippen LogP contribution in [0.2, 0.25) is 0 Å². The number of fused-ring (bicyclic) bond motifs is 1. The highest BCUT2D eigenvalue weighted by atomic mass is 14.7. The van der Waals surface area contributed by atoms with Crippen molar-refractivity contribution in [1.82, 2.24) is 0 Å². The second kappa shape index (κ2) is 2.67. The molecule has 2 atom stereocenters. The van der Waals surface area contributed by atoms with Gasteiger partial charge in [0.15, 0.2) is 0 Å². The van der Waals surface area contributed by atoms with E-state index in [1.165, 1.54) is 5.57 Å². The Morgan fingerprint density at radius 2 is 2.18 bits per heavy atom. The molecule has 0 radical (unpaired) electrons. The molecule has 2 aliphatic rings. The number of hydrogen-bond donors (Lipinski definition) is 1. The van der Waals surface area contributed by atoms with E-state index in [-0.39, 0.29) is 0 Å². The van der Waals surface area contributed by atoms with Crippen LogP contribution >= 0.6 is 0 Å². The van der Waals surface area contributed by atoms with Crippen LogP contribution in [-0.4, -0.2) is 6.04 Å². The summed E-state index contributed by atoms with van der Waals surface area (Å²) in [5, 5.41) is 0. The van der Waals surface area contributed by atoms with Crippen molar-refractivity contribution in [1.29, 1.82) is 0 Å². The monoisotopic (exact) mass is 147 g/mol. The largest absolute Gasteiger partial charge is 0.327 e. The fourth-order valence-corrected chi connectivity index (χ4v) is 1.79. The average molecular weight is 147 g/mol. The highest BCUT2D eigenvalue weighted by Gasteiger charge is 2.22. The molecule has 1 nitrogen and oxygen atoms in total. The molecule has 0 aromatic heterocycles. The van der Waals surface area contributed by atoms with Crippen LogP contribution in [-0.2, 0) is 0 Å². The van der Waals surface area contributed by atoms with E-state index < -0.39 is 0 Å². The van der Waals surface area contributed by atoms with E-state index >= 15 is 0 Å². The van der Waals surface area contributed by atoms with Gasteiger partial charge < -0.3 is 5.73 Å². The summed E-state index contributed by atoms with van der Waals surface area (Å²) in [4.78, 5) is 0. The standard InChI is InChI=1S/C10H13N/c11-10-7-3-5-8-4-1-2-6-9(8)10/h1-5,9-10H,6-7,11H2. The molecular formula is C10H13N. The van der Waals surface area contributed by atoms with Crippen LogP contribution in [0.3, 0.4) is 0 Å². The van der Waals surface area contributed by atoms with Gasteiger partial charge in [-0.1, -0.05) is 30.4 Å². The molecule has 0 heterocycles. The fraction of sp³-hybridized carbons (Fsp3) is 0.400. The summed E-state index contributed by atoms with van der Waals surface area (Å²) >= 11 is 0. The zero-order chi connectivity index (χ0) is 7.68. The van der Waals surface area contributed by atoms with Crippen LogP contribution in [0.25, 0.3) is 0 Å². The quantitative estimate of drug-likeness (QED) is 0.555. The normalized spacial score (nSPS) is 34.8. The molecule has 1 heteroatoms. The zero-order valence-corrected chi connectivity index (χ0v) is 6.53. The van der Waals surface area contributed by atoms with Crippen LogP contribution in [0.5, 0.6) is 0 Å². The van der Waals surface area contributed by atoms with E-state index in [0.29, 0.717) is 12.0 Å². The lowest BCUT2D eigenvalue weighted by Gasteiger charge is -2.28. The minimum Gasteiger partial charge on any atom is -0.327 e. The van der Waals surface area contributed by atoms with Crippen molar-refractivity contribution in [2.75, 3.05) is 0 Å². The predicted molar refractivity (Wildman–Crippen MR) is 47.1 cm³/mol. The van der Waals surface area contributed by atoms with Crippen molar-refractivity contribution in [2.24, 2.45) is 11.7 Å². The van der Waals surface area contributed by atoms with Crippen LogP contribution in [0.15, 0.2) is 36.0 Å². The molecular weight excluding hydrogens is 134 g/mol. The van der Waals surface area contributed by atoms with E-state index in [1.54, 1.807) is 0 Å². The van der Waals surface area contributed by atoms with E-state index in [2.05, 4.69) is 30.4 Å². The first-order valence-corrected chi connectivity index (χ1v) is 4.17. The molecule has 2 unspecified atom stereocenters. The Hall–Kier alpha value is -0.820. The Morgan fingerprint density at radius 3 is 3.00 bits per heavy atom. The van der Waals surface area contributed by atoms with Crippen molar-refractivity contribution in [3.63, 3.8) is 0 Å². The number of allylic oxidation sites excluding steroid dienone is 4. The summed E-state index contributed by atoms with van der Waals surface area (Å²) in [6, 6.07) is 0.344. The maximum absolute atomic E-state index is 5.96. The topological polar surface area (TPSA) is 26.0 Å². The molecule has 0 aromatic rings. The van der Waals surface area contributed by atoms with Gasteiger partial charge in [-0.05, 0) is 18.4 Å². The highest BCUT2D eigenvalue weighted by molar-refractivity contribution is 5.33. The van der Waals surface area contributed by atoms with Gasteiger partial charge in [-0.15, -0.1) is 0 Å². The molecule has 58 valence electrons. The summed E-state index contributed by atoms with van der Waals surface area (Å²) in [5.41, 5.74) is 7.37. The Kier molecular flexibility index (Phi) is 1.66. The Labute approximate surface area is 67.3 Å². The Balaban J connectivity index is 2.29. The smallest absolute Gasteiger partial charge is 0.0146 e. The highest BCUT2D eigenvalue weighted by Crippen LogP contribution is 2.28. The minimum absolute atomic E-state index is 0.344. The molecule has 11 heavy (non-hydrogen) atoms. The zero-order valence-electron chi connectivity index (χ0n) is 6.53. The summed E-state index contributed by atoms with van der Waals surface area (Å²) in [7, 11) is 0. The first kappa shape index (κ1) is 6.86. The third kappa shape index (κ3) is 1.16. The van der Waals surface area contributed by atoms with E-state index in [9.17, 15) is 0 Å². The van der Waals surface area contributed by atoms with Crippen molar-refractivity contribution in [3.05, 3.63) is 36.0 Å². The van der Waals surface area contributed by atoms with Gasteiger partial charge in [-0.25, -0.2) is 0 Å². The maximum Gasteiger partial charge on any atom is 0.0146 e. The van der Waals surface area contributed by atoms with E-state index in [4.69, 9.17) is 5.73 Å². The average Bonchev–Trinajstić information content (AvgIpc) is 2.06. The lowest BCUT2D eigenvalue weighted by Crippen LogP contribution is -2.32. The van der Waals surface area contributed by atoms with Gasteiger partial charge in [0, 0.05) is 12.0 Å². The van der Waals surface area contributed by atoms with Gasteiger partial charge in [0.2, 0.25) is 0 Å². The molecule has 0 amide bonds. The van der Waals surface area contributed by atoms with Crippen LogP contribution in [0, 0.1) is 5.92 Å². The molecule has 0 saturated carbocycles. The lowest BCUT2D eigenvalue weighted by molar-refractivity contribution is 0.478. The molecule has 0 spiro atoms. The lowest BCUT2D eigenvalue weighted by atomic mass is 9.81. The number of hydrogen-bond acceptors (Lipinski definition) is 1. The van der Waals surface area contributed by atoms with Gasteiger partial charge in [-0.2, -0.15) is 0 Å². The van der Waals surface area contributed by atoms with E-state index in [0.717, 1.165) is 12.8 Å². The maximum atomic E-state index is 5.96. The molecule has 2 N–H and O–H groups in total. The van der Waals surface area contributed by atoms with Crippen molar-refractivity contribution in [3.8, 4) is 0 Å². The third-order valence-corrected chi connectivity index (χ3v) is 2.48. The first-order valence-electron chi connectivity index (χ1n) is 4.17. The summed E-state index contributed by atoms with van der Waals surface area (Å²) < 4.78 is 0.